The highest BCUT2D eigenvalue weighted by molar-refractivity contribution is 6.01. The lowest BCUT2D eigenvalue weighted by atomic mass is 10.1. The summed E-state index contributed by atoms with van der Waals surface area (Å²) in [6.07, 6.45) is 0.0761. The molecule has 30 heavy (non-hydrogen) atoms. The van der Waals surface area contributed by atoms with Gasteiger partial charge in [-0.05, 0) is 30.7 Å². The molecule has 1 fully saturated rings. The molecule has 1 amide bonds. The van der Waals surface area contributed by atoms with Crippen LogP contribution in [0.2, 0.25) is 0 Å². The second-order valence-corrected chi connectivity index (χ2v) is 7.13. The van der Waals surface area contributed by atoms with Crippen LogP contribution in [0.4, 0.5) is 0 Å². The van der Waals surface area contributed by atoms with Crippen LogP contribution in [-0.4, -0.2) is 49.9 Å². The Balaban J connectivity index is 1.60. The Bertz CT molecular complexity index is 927. The summed E-state index contributed by atoms with van der Waals surface area (Å²) >= 11 is 0. The molecule has 0 N–H and O–H groups in total. The maximum atomic E-state index is 12.5. The van der Waals surface area contributed by atoms with Crippen molar-refractivity contribution in [3.8, 4) is 11.5 Å². The second kappa shape index (κ2) is 9.43. The van der Waals surface area contributed by atoms with E-state index in [1.165, 1.54) is 20.3 Å². The number of likely N-dealkylation sites (tertiary alicyclic amines) is 1. The molecule has 3 rings (SSSR count). The number of hydrogen-bond acceptors (Lipinski definition) is 6. The SMILES string of the molecule is COc1ccc(OC)c(C(=O)COC(=O)[C@H]2CC(=O)N([C@@H](C)c3ccccc3)C2)c1. The number of Topliss-reactive ketones (excluding diaryl/α,β-unsaturated/α-hetero) is 1. The molecule has 1 aliphatic rings. The number of carbonyl (C=O) groups is 3. The molecule has 2 atom stereocenters. The summed E-state index contributed by atoms with van der Waals surface area (Å²) in [5.41, 5.74) is 1.27. The molecular weight excluding hydrogens is 386 g/mol. The Morgan fingerprint density at radius 2 is 1.83 bits per heavy atom. The zero-order chi connectivity index (χ0) is 21.7. The van der Waals surface area contributed by atoms with Crippen LogP contribution in [0.3, 0.4) is 0 Å². The van der Waals surface area contributed by atoms with Crippen molar-refractivity contribution in [2.75, 3.05) is 27.4 Å². The molecule has 1 heterocycles. The minimum absolute atomic E-state index is 0.0761. The van der Waals surface area contributed by atoms with Crippen molar-refractivity contribution in [1.29, 1.82) is 0 Å². The largest absolute Gasteiger partial charge is 0.497 e. The quantitative estimate of drug-likeness (QED) is 0.491. The smallest absolute Gasteiger partial charge is 0.311 e. The van der Waals surface area contributed by atoms with Crippen LogP contribution in [0.15, 0.2) is 48.5 Å². The normalized spacial score (nSPS) is 16.8. The van der Waals surface area contributed by atoms with Crippen molar-refractivity contribution >= 4 is 17.7 Å². The van der Waals surface area contributed by atoms with E-state index in [0.717, 1.165) is 5.56 Å². The molecule has 0 radical (unpaired) electrons. The number of methoxy groups -OCH3 is 2. The molecule has 0 unspecified atom stereocenters. The van der Waals surface area contributed by atoms with Crippen molar-refractivity contribution < 1.29 is 28.6 Å². The summed E-state index contributed by atoms with van der Waals surface area (Å²) in [6, 6.07) is 14.3. The van der Waals surface area contributed by atoms with Gasteiger partial charge in [0, 0.05) is 13.0 Å². The molecule has 0 aromatic heterocycles. The van der Waals surface area contributed by atoms with Crippen molar-refractivity contribution in [3.63, 3.8) is 0 Å². The second-order valence-electron chi connectivity index (χ2n) is 7.13. The van der Waals surface area contributed by atoms with Gasteiger partial charge in [-0.2, -0.15) is 0 Å². The lowest BCUT2D eigenvalue weighted by Gasteiger charge is -2.25. The van der Waals surface area contributed by atoms with Crippen LogP contribution < -0.4 is 9.47 Å². The number of ketones is 1. The van der Waals surface area contributed by atoms with Gasteiger partial charge < -0.3 is 19.1 Å². The summed E-state index contributed by atoms with van der Waals surface area (Å²) in [4.78, 5) is 39.2. The fourth-order valence-corrected chi connectivity index (χ4v) is 3.54. The molecule has 0 bridgehead atoms. The Hall–Kier alpha value is -3.35. The zero-order valence-corrected chi connectivity index (χ0v) is 17.3. The predicted molar refractivity (Wildman–Crippen MR) is 110 cm³/mol. The predicted octanol–water partition coefficient (Wildman–Crippen LogP) is 3.04. The molecule has 1 saturated heterocycles. The standard InChI is InChI=1S/C23H25NO6/c1-15(16-7-5-4-6-8-16)24-13-17(11-22(24)26)23(27)30-14-20(25)19-12-18(28-2)9-10-21(19)29-3/h4-10,12,15,17H,11,13-14H2,1-3H3/t15-,17-/m0/s1. The first-order valence-electron chi connectivity index (χ1n) is 9.70. The summed E-state index contributed by atoms with van der Waals surface area (Å²) in [5, 5.41) is 0. The van der Waals surface area contributed by atoms with E-state index in [1.807, 2.05) is 37.3 Å². The van der Waals surface area contributed by atoms with Crippen molar-refractivity contribution in [2.24, 2.45) is 5.92 Å². The fourth-order valence-electron chi connectivity index (χ4n) is 3.54. The molecule has 0 spiro atoms. The highest BCUT2D eigenvalue weighted by atomic mass is 16.5. The van der Waals surface area contributed by atoms with E-state index in [0.29, 0.717) is 11.5 Å². The molecule has 0 saturated carbocycles. The first kappa shape index (κ1) is 21.4. The minimum Gasteiger partial charge on any atom is -0.497 e. The van der Waals surface area contributed by atoms with Crippen molar-refractivity contribution in [1.82, 2.24) is 4.90 Å². The molecule has 7 nitrogen and oxygen atoms in total. The average molecular weight is 411 g/mol. The summed E-state index contributed by atoms with van der Waals surface area (Å²) in [6.45, 7) is 1.77. The number of esters is 1. The Morgan fingerprint density at radius 1 is 1.10 bits per heavy atom. The first-order chi connectivity index (χ1) is 14.4. The van der Waals surface area contributed by atoms with E-state index >= 15 is 0 Å². The molecule has 2 aromatic carbocycles. The molecule has 1 aliphatic heterocycles. The summed E-state index contributed by atoms with van der Waals surface area (Å²) in [7, 11) is 2.95. The van der Waals surface area contributed by atoms with E-state index in [4.69, 9.17) is 14.2 Å². The van der Waals surface area contributed by atoms with E-state index in [2.05, 4.69) is 0 Å². The van der Waals surface area contributed by atoms with Gasteiger partial charge in [-0.1, -0.05) is 30.3 Å². The fraction of sp³-hybridized carbons (Fsp3) is 0.348. The third-order valence-corrected chi connectivity index (χ3v) is 5.29. The Labute approximate surface area is 175 Å². The first-order valence-corrected chi connectivity index (χ1v) is 9.70. The van der Waals surface area contributed by atoms with Gasteiger partial charge in [0.25, 0.3) is 0 Å². The Kier molecular flexibility index (Phi) is 6.72. The van der Waals surface area contributed by atoms with E-state index < -0.39 is 24.3 Å². The highest BCUT2D eigenvalue weighted by Gasteiger charge is 2.38. The van der Waals surface area contributed by atoms with E-state index in [-0.39, 0.29) is 30.5 Å². The molecule has 7 heteroatoms. The van der Waals surface area contributed by atoms with Crippen LogP contribution in [0.25, 0.3) is 0 Å². The van der Waals surface area contributed by atoms with Crippen LogP contribution in [0.5, 0.6) is 11.5 Å². The summed E-state index contributed by atoms with van der Waals surface area (Å²) in [5.74, 6) is -0.787. The van der Waals surface area contributed by atoms with Gasteiger partial charge >= 0.3 is 5.97 Å². The lowest BCUT2D eigenvalue weighted by Crippen LogP contribution is -2.30. The molecular formula is C23H25NO6. The maximum absolute atomic E-state index is 12.5. The van der Waals surface area contributed by atoms with E-state index in [1.54, 1.807) is 17.0 Å². The Morgan fingerprint density at radius 3 is 2.50 bits per heavy atom. The minimum atomic E-state index is -0.594. The third kappa shape index (κ3) is 4.62. The number of nitrogens with zero attached hydrogens (tertiary/aromatic N) is 1. The highest BCUT2D eigenvalue weighted by Crippen LogP contribution is 2.29. The monoisotopic (exact) mass is 411 g/mol. The van der Waals surface area contributed by atoms with Gasteiger partial charge in [0.1, 0.15) is 11.5 Å². The van der Waals surface area contributed by atoms with Crippen LogP contribution in [0, 0.1) is 5.92 Å². The topological polar surface area (TPSA) is 82.1 Å². The maximum Gasteiger partial charge on any atom is 0.311 e. The molecule has 2 aromatic rings. The number of amides is 1. The van der Waals surface area contributed by atoms with Crippen LogP contribution >= 0.6 is 0 Å². The average Bonchev–Trinajstić information content (AvgIpc) is 3.18. The van der Waals surface area contributed by atoms with Gasteiger partial charge in [-0.25, -0.2) is 0 Å². The number of benzene rings is 2. The van der Waals surface area contributed by atoms with Gasteiger partial charge in [0.15, 0.2) is 6.61 Å². The molecule has 158 valence electrons. The van der Waals surface area contributed by atoms with Crippen molar-refractivity contribution in [2.45, 2.75) is 19.4 Å². The van der Waals surface area contributed by atoms with Crippen molar-refractivity contribution in [3.05, 3.63) is 59.7 Å². The van der Waals surface area contributed by atoms with Crippen LogP contribution in [-0.2, 0) is 14.3 Å². The zero-order valence-electron chi connectivity index (χ0n) is 17.3. The number of carbonyl (C=O) groups excluding carboxylic acids is 3. The number of rotatable bonds is 8. The van der Waals surface area contributed by atoms with Gasteiger partial charge in [-0.15, -0.1) is 0 Å². The number of ether oxygens (including phenoxy) is 3. The lowest BCUT2D eigenvalue weighted by molar-refractivity contribution is -0.147. The van der Waals surface area contributed by atoms with Gasteiger partial charge in [-0.3, -0.25) is 14.4 Å². The van der Waals surface area contributed by atoms with E-state index in [9.17, 15) is 14.4 Å². The summed E-state index contributed by atoms with van der Waals surface area (Å²) < 4.78 is 15.6. The van der Waals surface area contributed by atoms with Gasteiger partial charge in [0.2, 0.25) is 11.7 Å². The van der Waals surface area contributed by atoms with Gasteiger partial charge in [0.05, 0.1) is 31.7 Å². The third-order valence-electron chi connectivity index (χ3n) is 5.29. The number of hydrogen-bond donors (Lipinski definition) is 0. The van der Waals surface area contributed by atoms with Crippen LogP contribution in [0.1, 0.15) is 35.3 Å². The molecule has 0 aliphatic carbocycles.